The topological polar surface area (TPSA) is 76.6 Å². The zero-order valence-corrected chi connectivity index (χ0v) is 15.3. The van der Waals surface area contributed by atoms with E-state index in [1.807, 2.05) is 58.0 Å². The van der Waals surface area contributed by atoms with Crippen LogP contribution in [0.15, 0.2) is 53.3 Å². The quantitative estimate of drug-likeness (QED) is 0.741. The van der Waals surface area contributed by atoms with E-state index in [2.05, 4.69) is 4.98 Å². The number of carbonyl (C=O) groups is 1. The summed E-state index contributed by atoms with van der Waals surface area (Å²) in [6.07, 6.45) is 0.845. The van der Waals surface area contributed by atoms with Crippen molar-refractivity contribution in [2.24, 2.45) is 0 Å². The molecule has 0 spiro atoms. The van der Waals surface area contributed by atoms with Gasteiger partial charge in [-0.1, -0.05) is 24.3 Å². The van der Waals surface area contributed by atoms with Gasteiger partial charge in [-0.15, -0.1) is 0 Å². The number of nitrogens with zero attached hydrogens (tertiary/aromatic N) is 2. The minimum Gasteiger partial charge on any atom is -0.485 e. The van der Waals surface area contributed by atoms with Gasteiger partial charge in [0.25, 0.3) is 5.91 Å². The molecule has 1 N–H and O–H groups in total. The molecule has 0 radical (unpaired) electrons. The third-order valence-electron chi connectivity index (χ3n) is 5.55. The van der Waals surface area contributed by atoms with E-state index >= 15 is 0 Å². The molecule has 2 aromatic carbocycles. The second-order valence-electron chi connectivity index (χ2n) is 7.24. The second kappa shape index (κ2) is 6.74. The van der Waals surface area contributed by atoms with Gasteiger partial charge in [0.2, 0.25) is 6.10 Å². The van der Waals surface area contributed by atoms with Crippen molar-refractivity contribution >= 4 is 16.9 Å². The first-order valence-electron chi connectivity index (χ1n) is 9.57. The molecule has 0 saturated carbocycles. The Morgan fingerprint density at radius 1 is 1.00 bits per heavy atom. The SMILES string of the molecule is O=C([C@H]1COc2ccccc2O1)N1CCC(n2c(=O)[nH]c3ccccc32)CC1. The van der Waals surface area contributed by atoms with E-state index in [-0.39, 0.29) is 24.2 Å². The molecule has 1 fully saturated rings. The monoisotopic (exact) mass is 379 g/mol. The van der Waals surface area contributed by atoms with Crippen LogP contribution < -0.4 is 15.2 Å². The van der Waals surface area contributed by atoms with E-state index in [0.29, 0.717) is 24.6 Å². The summed E-state index contributed by atoms with van der Waals surface area (Å²) in [4.78, 5) is 30.0. The predicted octanol–water partition coefficient (Wildman–Crippen LogP) is 2.33. The summed E-state index contributed by atoms with van der Waals surface area (Å²) in [5.41, 5.74) is 1.67. The van der Waals surface area contributed by atoms with Gasteiger partial charge in [0.15, 0.2) is 11.5 Å². The van der Waals surface area contributed by atoms with Gasteiger partial charge in [-0.2, -0.15) is 0 Å². The average molecular weight is 379 g/mol. The summed E-state index contributed by atoms with van der Waals surface area (Å²) in [6, 6.07) is 15.2. The molecule has 144 valence electrons. The molecule has 3 aromatic rings. The van der Waals surface area contributed by atoms with E-state index in [4.69, 9.17) is 9.47 Å². The van der Waals surface area contributed by atoms with Crippen molar-refractivity contribution in [3.05, 3.63) is 59.0 Å². The lowest BCUT2D eigenvalue weighted by molar-refractivity contribution is -0.142. The van der Waals surface area contributed by atoms with Gasteiger partial charge < -0.3 is 19.4 Å². The number of likely N-dealkylation sites (tertiary alicyclic amines) is 1. The molecule has 3 heterocycles. The van der Waals surface area contributed by atoms with Crippen LogP contribution in [0.2, 0.25) is 0 Å². The highest BCUT2D eigenvalue weighted by Crippen LogP contribution is 2.32. The van der Waals surface area contributed by atoms with Crippen molar-refractivity contribution in [1.82, 2.24) is 14.5 Å². The first-order chi connectivity index (χ1) is 13.7. The van der Waals surface area contributed by atoms with Crippen molar-refractivity contribution in [2.75, 3.05) is 19.7 Å². The second-order valence-corrected chi connectivity index (χ2v) is 7.24. The van der Waals surface area contributed by atoms with Crippen LogP contribution in [-0.2, 0) is 4.79 Å². The molecular formula is C21H21N3O4. The number of benzene rings is 2. The van der Waals surface area contributed by atoms with Gasteiger partial charge in [-0.3, -0.25) is 9.36 Å². The lowest BCUT2D eigenvalue weighted by Gasteiger charge is -2.35. The third-order valence-corrected chi connectivity index (χ3v) is 5.55. The van der Waals surface area contributed by atoms with Crippen LogP contribution in [0, 0.1) is 0 Å². The number of nitrogens with one attached hydrogen (secondary N) is 1. The highest BCUT2D eigenvalue weighted by molar-refractivity contribution is 5.82. The lowest BCUT2D eigenvalue weighted by Crippen LogP contribution is -2.49. The van der Waals surface area contributed by atoms with Crippen LogP contribution in [0.1, 0.15) is 18.9 Å². The van der Waals surface area contributed by atoms with Gasteiger partial charge in [0, 0.05) is 19.1 Å². The molecule has 7 heteroatoms. The third kappa shape index (κ3) is 2.83. The van der Waals surface area contributed by atoms with Crippen LogP contribution in [0.4, 0.5) is 0 Å². The molecule has 2 aliphatic heterocycles. The molecule has 28 heavy (non-hydrogen) atoms. The van der Waals surface area contributed by atoms with Gasteiger partial charge >= 0.3 is 5.69 Å². The van der Waals surface area contributed by atoms with E-state index in [1.54, 1.807) is 0 Å². The summed E-state index contributed by atoms with van der Waals surface area (Å²) >= 11 is 0. The van der Waals surface area contributed by atoms with Crippen LogP contribution >= 0.6 is 0 Å². The first kappa shape index (κ1) is 16.9. The number of amides is 1. The van der Waals surface area contributed by atoms with Crippen LogP contribution in [0.25, 0.3) is 11.0 Å². The largest absolute Gasteiger partial charge is 0.485 e. The normalized spacial score (nSPS) is 19.7. The Balaban J connectivity index is 1.28. The smallest absolute Gasteiger partial charge is 0.326 e. The molecule has 1 aromatic heterocycles. The molecule has 1 saturated heterocycles. The standard InChI is InChI=1S/C21H21N3O4/c25-20(19-13-27-17-7-3-4-8-18(17)28-19)23-11-9-14(10-12-23)24-16-6-2-1-5-15(16)22-21(24)26/h1-8,14,19H,9-13H2,(H,22,26)/t19-/m1/s1. The van der Waals surface area contributed by atoms with Gasteiger partial charge in [-0.25, -0.2) is 4.79 Å². The number of aromatic nitrogens is 2. The Morgan fingerprint density at radius 3 is 2.54 bits per heavy atom. The summed E-state index contributed by atoms with van der Waals surface area (Å²) in [5.74, 6) is 1.22. The minimum atomic E-state index is -0.623. The molecule has 2 aliphatic rings. The number of imidazole rings is 1. The highest BCUT2D eigenvalue weighted by Gasteiger charge is 2.33. The highest BCUT2D eigenvalue weighted by atomic mass is 16.6. The number of hydrogen-bond acceptors (Lipinski definition) is 4. The molecule has 0 bridgehead atoms. The van der Waals surface area contributed by atoms with Crippen molar-refractivity contribution in [3.8, 4) is 11.5 Å². The van der Waals surface area contributed by atoms with E-state index in [1.165, 1.54) is 0 Å². The Bertz CT molecular complexity index is 1080. The molecule has 7 nitrogen and oxygen atoms in total. The van der Waals surface area contributed by atoms with E-state index < -0.39 is 6.10 Å². The molecule has 0 unspecified atom stereocenters. The predicted molar refractivity (Wildman–Crippen MR) is 104 cm³/mol. The number of H-pyrrole nitrogens is 1. The molecule has 1 atom stereocenters. The Labute approximate surface area is 161 Å². The Kier molecular flexibility index (Phi) is 4.07. The average Bonchev–Trinajstić information content (AvgIpc) is 3.08. The summed E-state index contributed by atoms with van der Waals surface area (Å²) in [5, 5.41) is 0. The lowest BCUT2D eigenvalue weighted by atomic mass is 10.0. The zero-order valence-electron chi connectivity index (χ0n) is 15.3. The number of hydrogen-bond donors (Lipinski definition) is 1. The first-order valence-corrected chi connectivity index (χ1v) is 9.57. The van der Waals surface area contributed by atoms with Gasteiger partial charge in [0.1, 0.15) is 6.61 Å². The zero-order chi connectivity index (χ0) is 19.1. The maximum absolute atomic E-state index is 12.9. The molecule has 1 amide bonds. The van der Waals surface area contributed by atoms with Crippen LogP contribution in [-0.4, -0.2) is 46.2 Å². The fourth-order valence-electron chi connectivity index (χ4n) is 4.13. The molecule has 5 rings (SSSR count). The van der Waals surface area contributed by atoms with Crippen molar-refractivity contribution in [1.29, 1.82) is 0 Å². The number of carbonyl (C=O) groups excluding carboxylic acids is 1. The number of rotatable bonds is 2. The Hall–Kier alpha value is -3.22. The number of para-hydroxylation sites is 4. The summed E-state index contributed by atoms with van der Waals surface area (Å²) in [7, 11) is 0. The van der Waals surface area contributed by atoms with Crippen molar-refractivity contribution < 1.29 is 14.3 Å². The number of aromatic amines is 1. The Morgan fingerprint density at radius 2 is 1.71 bits per heavy atom. The maximum Gasteiger partial charge on any atom is 0.326 e. The van der Waals surface area contributed by atoms with Gasteiger partial charge in [-0.05, 0) is 37.1 Å². The summed E-state index contributed by atoms with van der Waals surface area (Å²) in [6.45, 7) is 1.41. The minimum absolute atomic E-state index is 0.0563. The molecular weight excluding hydrogens is 358 g/mol. The van der Waals surface area contributed by atoms with Crippen molar-refractivity contribution in [2.45, 2.75) is 25.0 Å². The van der Waals surface area contributed by atoms with Crippen molar-refractivity contribution in [3.63, 3.8) is 0 Å². The number of ether oxygens (including phenoxy) is 2. The fraction of sp³-hybridized carbons (Fsp3) is 0.333. The fourth-order valence-corrected chi connectivity index (χ4v) is 4.13. The van der Waals surface area contributed by atoms with E-state index in [0.717, 1.165) is 23.9 Å². The number of piperidine rings is 1. The molecule has 0 aliphatic carbocycles. The summed E-state index contributed by atoms with van der Waals surface area (Å²) < 4.78 is 13.3. The van der Waals surface area contributed by atoms with Gasteiger partial charge in [0.05, 0.1) is 11.0 Å². The van der Waals surface area contributed by atoms with Crippen LogP contribution in [0.3, 0.4) is 0 Å². The van der Waals surface area contributed by atoms with Crippen LogP contribution in [0.5, 0.6) is 11.5 Å². The van der Waals surface area contributed by atoms with E-state index in [9.17, 15) is 9.59 Å². The number of fused-ring (bicyclic) bond motifs is 2. The maximum atomic E-state index is 12.9.